The van der Waals surface area contributed by atoms with Crippen LogP contribution in [0.15, 0.2) is 54.6 Å². The van der Waals surface area contributed by atoms with E-state index in [0.717, 1.165) is 18.4 Å². The van der Waals surface area contributed by atoms with Crippen LogP contribution in [0.3, 0.4) is 0 Å². The first-order chi connectivity index (χ1) is 15.5. The number of carbonyl (C=O) groups excluding carboxylic acids is 1. The van der Waals surface area contributed by atoms with E-state index in [1.165, 1.54) is 5.56 Å². The summed E-state index contributed by atoms with van der Waals surface area (Å²) in [6, 6.07) is 17.4. The van der Waals surface area contributed by atoms with Crippen molar-refractivity contribution in [3.63, 3.8) is 0 Å². The van der Waals surface area contributed by atoms with Crippen LogP contribution in [0.1, 0.15) is 31.4 Å². The van der Waals surface area contributed by atoms with Gasteiger partial charge in [0, 0.05) is 26.1 Å². The minimum absolute atomic E-state index is 0.0878. The number of carbonyl (C=O) groups is 2. The zero-order valence-corrected chi connectivity index (χ0v) is 19.0. The number of ether oxygens (including phenoxy) is 2. The Bertz CT molecular complexity index is 811. The van der Waals surface area contributed by atoms with Gasteiger partial charge in [0.15, 0.2) is 6.10 Å². The van der Waals surface area contributed by atoms with Gasteiger partial charge in [-0.3, -0.25) is 0 Å². The lowest BCUT2D eigenvalue weighted by Gasteiger charge is -2.23. The maximum Gasteiger partial charge on any atom is 0.333 e. The van der Waals surface area contributed by atoms with E-state index in [4.69, 9.17) is 9.47 Å². The van der Waals surface area contributed by atoms with Crippen LogP contribution in [0.5, 0.6) is 5.75 Å². The number of carboxylic acid groups (broad SMARTS) is 1. The fraction of sp³-hybridized carbons (Fsp3) is 0.440. The smallest absolute Gasteiger partial charge is 0.333 e. The summed E-state index contributed by atoms with van der Waals surface area (Å²) in [6.07, 6.45) is 1.24. The van der Waals surface area contributed by atoms with E-state index in [0.29, 0.717) is 45.0 Å². The van der Waals surface area contributed by atoms with Gasteiger partial charge in [0.2, 0.25) is 0 Å². The largest absolute Gasteiger partial charge is 0.492 e. The molecule has 2 N–H and O–H groups in total. The molecule has 0 aliphatic carbocycles. The number of urea groups is 1. The number of rotatable bonds is 14. The van der Waals surface area contributed by atoms with Crippen molar-refractivity contribution in [3.05, 3.63) is 65.7 Å². The SMILES string of the molecule is CCNC(=O)N(CCCc1ccccc1)CCOc1ccc(CC(OCC)C(=O)O)cc1. The molecule has 0 bridgehead atoms. The molecule has 1 unspecified atom stereocenters. The minimum atomic E-state index is -0.968. The molecule has 2 rings (SSSR count). The zero-order chi connectivity index (χ0) is 23.2. The molecular formula is C25H34N2O5. The molecule has 0 aliphatic rings. The maximum absolute atomic E-state index is 12.4. The number of benzene rings is 2. The molecule has 1 atom stereocenters. The average molecular weight is 443 g/mol. The van der Waals surface area contributed by atoms with Gasteiger partial charge in [0.1, 0.15) is 12.4 Å². The number of amides is 2. The van der Waals surface area contributed by atoms with Gasteiger partial charge in [0.05, 0.1) is 6.54 Å². The summed E-state index contributed by atoms with van der Waals surface area (Å²) in [6.45, 7) is 6.11. The third-order valence-electron chi connectivity index (χ3n) is 4.97. The van der Waals surface area contributed by atoms with Gasteiger partial charge in [-0.2, -0.15) is 0 Å². The van der Waals surface area contributed by atoms with Crippen molar-refractivity contribution in [1.29, 1.82) is 0 Å². The number of aryl methyl sites for hydroxylation is 1. The van der Waals surface area contributed by atoms with E-state index in [1.54, 1.807) is 11.8 Å². The Morgan fingerprint density at radius 1 is 1.00 bits per heavy atom. The molecule has 2 amide bonds. The van der Waals surface area contributed by atoms with Crippen molar-refractivity contribution in [1.82, 2.24) is 10.2 Å². The van der Waals surface area contributed by atoms with Crippen molar-refractivity contribution < 1.29 is 24.2 Å². The van der Waals surface area contributed by atoms with Gasteiger partial charge in [-0.15, -0.1) is 0 Å². The Hall–Kier alpha value is -3.06. The van der Waals surface area contributed by atoms with Crippen LogP contribution in [0.2, 0.25) is 0 Å². The molecule has 0 fully saturated rings. The standard InChI is InChI=1S/C25H34N2O5/c1-3-26-25(30)27(16-8-11-20-9-6-5-7-10-20)17-18-32-22-14-12-21(13-15-22)19-23(24(28)29)31-4-2/h5-7,9-10,12-15,23H,3-4,8,11,16-19H2,1-2H3,(H,26,30)(H,28,29). The molecule has 0 saturated heterocycles. The van der Waals surface area contributed by atoms with E-state index in [1.807, 2.05) is 49.4 Å². The first kappa shape index (κ1) is 25.2. The lowest BCUT2D eigenvalue weighted by atomic mass is 10.1. The monoisotopic (exact) mass is 442 g/mol. The van der Waals surface area contributed by atoms with Gasteiger partial charge >= 0.3 is 12.0 Å². The number of hydrogen-bond acceptors (Lipinski definition) is 4. The molecular weight excluding hydrogens is 408 g/mol. The molecule has 0 saturated carbocycles. The second-order valence-corrected chi connectivity index (χ2v) is 7.39. The van der Waals surface area contributed by atoms with Gasteiger partial charge < -0.3 is 24.8 Å². The van der Waals surface area contributed by atoms with Crippen LogP contribution in [0, 0.1) is 0 Å². The highest BCUT2D eigenvalue weighted by Gasteiger charge is 2.18. The Balaban J connectivity index is 1.82. The lowest BCUT2D eigenvalue weighted by Crippen LogP contribution is -2.42. The zero-order valence-electron chi connectivity index (χ0n) is 19.0. The molecule has 0 heterocycles. The van der Waals surface area contributed by atoms with Crippen molar-refractivity contribution in [2.75, 3.05) is 32.8 Å². The number of carboxylic acids is 1. The number of nitrogens with zero attached hydrogens (tertiary/aromatic N) is 1. The molecule has 174 valence electrons. The number of hydrogen-bond donors (Lipinski definition) is 2. The second-order valence-electron chi connectivity index (χ2n) is 7.39. The number of aliphatic carboxylic acids is 1. The van der Waals surface area contributed by atoms with Gasteiger partial charge in [0.25, 0.3) is 0 Å². The molecule has 32 heavy (non-hydrogen) atoms. The normalized spacial score (nSPS) is 11.6. The van der Waals surface area contributed by atoms with Crippen molar-refractivity contribution in [2.24, 2.45) is 0 Å². The molecule has 0 aromatic heterocycles. The van der Waals surface area contributed by atoms with E-state index in [9.17, 15) is 14.7 Å². The van der Waals surface area contributed by atoms with E-state index in [2.05, 4.69) is 17.4 Å². The Morgan fingerprint density at radius 2 is 1.72 bits per heavy atom. The third kappa shape index (κ3) is 8.98. The lowest BCUT2D eigenvalue weighted by molar-refractivity contribution is -0.149. The summed E-state index contributed by atoms with van der Waals surface area (Å²) in [5.74, 6) is -0.290. The van der Waals surface area contributed by atoms with Crippen LogP contribution in [0.4, 0.5) is 4.79 Å². The summed E-state index contributed by atoms with van der Waals surface area (Å²) in [7, 11) is 0. The van der Waals surface area contributed by atoms with Crippen LogP contribution >= 0.6 is 0 Å². The van der Waals surface area contributed by atoms with Gasteiger partial charge in [-0.25, -0.2) is 9.59 Å². The topological polar surface area (TPSA) is 88.1 Å². The summed E-state index contributed by atoms with van der Waals surface area (Å²) < 4.78 is 11.1. The third-order valence-corrected chi connectivity index (χ3v) is 4.97. The fourth-order valence-corrected chi connectivity index (χ4v) is 3.32. The number of nitrogens with one attached hydrogen (secondary N) is 1. The predicted molar refractivity (Wildman–Crippen MR) is 124 cm³/mol. The first-order valence-corrected chi connectivity index (χ1v) is 11.2. The molecule has 2 aromatic carbocycles. The first-order valence-electron chi connectivity index (χ1n) is 11.2. The van der Waals surface area contributed by atoms with Crippen LogP contribution in [-0.4, -0.2) is 61.0 Å². The Morgan fingerprint density at radius 3 is 2.34 bits per heavy atom. The molecule has 2 aromatic rings. The maximum atomic E-state index is 12.4. The Labute approximate surface area is 190 Å². The highest BCUT2D eigenvalue weighted by molar-refractivity contribution is 5.74. The van der Waals surface area contributed by atoms with E-state index >= 15 is 0 Å². The Kier molecular flexibility index (Phi) is 11.1. The molecule has 0 radical (unpaired) electrons. The summed E-state index contributed by atoms with van der Waals surface area (Å²) in [5.41, 5.74) is 2.12. The predicted octanol–water partition coefficient (Wildman–Crippen LogP) is 3.76. The molecule has 0 spiro atoms. The second kappa shape index (κ2) is 14.1. The molecule has 0 aliphatic heterocycles. The molecule has 7 nitrogen and oxygen atoms in total. The molecule has 7 heteroatoms. The summed E-state index contributed by atoms with van der Waals surface area (Å²) >= 11 is 0. The highest BCUT2D eigenvalue weighted by Crippen LogP contribution is 2.15. The van der Waals surface area contributed by atoms with Crippen molar-refractivity contribution in [3.8, 4) is 5.75 Å². The van der Waals surface area contributed by atoms with E-state index in [-0.39, 0.29) is 6.03 Å². The van der Waals surface area contributed by atoms with Crippen molar-refractivity contribution in [2.45, 2.75) is 39.2 Å². The summed E-state index contributed by atoms with van der Waals surface area (Å²) in [4.78, 5) is 25.4. The van der Waals surface area contributed by atoms with Gasteiger partial charge in [-0.1, -0.05) is 42.5 Å². The van der Waals surface area contributed by atoms with E-state index < -0.39 is 12.1 Å². The van der Waals surface area contributed by atoms with Crippen LogP contribution in [0.25, 0.3) is 0 Å². The average Bonchev–Trinajstić information content (AvgIpc) is 2.79. The minimum Gasteiger partial charge on any atom is -0.492 e. The van der Waals surface area contributed by atoms with Crippen molar-refractivity contribution >= 4 is 12.0 Å². The van der Waals surface area contributed by atoms with Crippen LogP contribution < -0.4 is 10.1 Å². The van der Waals surface area contributed by atoms with Gasteiger partial charge in [-0.05, 0) is 49.9 Å². The quantitative estimate of drug-likeness (QED) is 0.465. The fourth-order valence-electron chi connectivity index (χ4n) is 3.32. The summed E-state index contributed by atoms with van der Waals surface area (Å²) in [5, 5.41) is 12.1. The highest BCUT2D eigenvalue weighted by atomic mass is 16.5. The van der Waals surface area contributed by atoms with Crippen LogP contribution in [-0.2, 0) is 22.4 Å².